The van der Waals surface area contributed by atoms with Crippen molar-refractivity contribution in [3.8, 4) is 0 Å². The first-order valence-corrected chi connectivity index (χ1v) is 3.34. The summed E-state index contributed by atoms with van der Waals surface area (Å²) in [5, 5.41) is 12.0. The molecule has 0 fully saturated rings. The molecule has 3 aromatic heterocycles. The predicted octanol–water partition coefficient (Wildman–Crippen LogP) is 0.265. The molecular weight excluding hydrogens is 158 g/mol. The highest BCUT2D eigenvalue weighted by Crippen LogP contribution is 2.13. The number of aromatic nitrogens is 5. The van der Waals surface area contributed by atoms with E-state index in [9.17, 15) is 0 Å². The Morgan fingerprint density at radius 1 is 1.33 bits per heavy atom. The van der Waals surface area contributed by atoms with E-state index in [0.717, 1.165) is 5.39 Å². The van der Waals surface area contributed by atoms with Crippen LogP contribution in [0.3, 0.4) is 0 Å². The maximum Gasteiger partial charge on any atom is 0.262 e. The number of nitrogens with zero attached hydrogens (tertiary/aromatic N) is 5. The van der Waals surface area contributed by atoms with E-state index < -0.39 is 0 Å². The second kappa shape index (κ2) is 1.79. The van der Waals surface area contributed by atoms with E-state index in [1.807, 2.05) is 0 Å². The largest absolute Gasteiger partial charge is 0.336 e. The number of hydrogen-bond donors (Lipinski definition) is 0. The summed E-state index contributed by atoms with van der Waals surface area (Å²) in [6.07, 6.45) is 4.74. The number of hydrogen-bond acceptors (Lipinski definition) is 5. The molecule has 58 valence electrons. The quantitative estimate of drug-likeness (QED) is 0.473. The van der Waals surface area contributed by atoms with Crippen molar-refractivity contribution in [3.63, 3.8) is 0 Å². The fraction of sp³-hybridized carbons (Fsp3) is 0. The van der Waals surface area contributed by atoms with Gasteiger partial charge in [0.2, 0.25) is 0 Å². The van der Waals surface area contributed by atoms with Gasteiger partial charge in [-0.05, 0) is 0 Å². The molecule has 0 atom stereocenters. The normalized spacial score (nSPS) is 11.3. The Kier molecular flexibility index (Phi) is 0.840. The van der Waals surface area contributed by atoms with Crippen molar-refractivity contribution >= 4 is 16.7 Å². The fourth-order valence-corrected chi connectivity index (χ4v) is 1.11. The molecule has 0 saturated heterocycles. The van der Waals surface area contributed by atoms with Crippen LogP contribution in [0, 0.1) is 0 Å². The van der Waals surface area contributed by atoms with Crippen LogP contribution in [0.4, 0.5) is 0 Å². The van der Waals surface area contributed by atoms with Gasteiger partial charge in [0.15, 0.2) is 5.65 Å². The average Bonchev–Trinajstić information content (AvgIpc) is 2.71. The van der Waals surface area contributed by atoms with E-state index in [2.05, 4.69) is 20.3 Å². The van der Waals surface area contributed by atoms with E-state index in [1.165, 1.54) is 0 Å². The highest BCUT2D eigenvalue weighted by Gasteiger charge is 2.05. The fourth-order valence-electron chi connectivity index (χ4n) is 1.11. The lowest BCUT2D eigenvalue weighted by atomic mass is 10.4. The van der Waals surface area contributed by atoms with Crippen molar-refractivity contribution in [1.29, 1.82) is 0 Å². The lowest BCUT2D eigenvalue weighted by Gasteiger charge is -1.88. The van der Waals surface area contributed by atoms with Crippen molar-refractivity contribution in [2.24, 2.45) is 0 Å². The van der Waals surface area contributed by atoms with Gasteiger partial charge in [0.25, 0.3) is 5.71 Å². The first-order chi connectivity index (χ1) is 5.95. The molecule has 3 rings (SSSR count). The third kappa shape index (κ3) is 0.541. The second-order valence-corrected chi connectivity index (χ2v) is 2.35. The standard InChI is InChI=1S/C6H3N5O/c1-4-5-10-8-3-11(5)2-7-6(4)12-9-1/h1-3H. The highest BCUT2D eigenvalue weighted by atomic mass is 16.5. The molecule has 6 nitrogen and oxygen atoms in total. The SMILES string of the molecule is c1noc2ncn3cnnc3c12. The molecule has 0 aliphatic heterocycles. The Morgan fingerprint density at radius 2 is 2.33 bits per heavy atom. The average molecular weight is 161 g/mol. The minimum Gasteiger partial charge on any atom is -0.336 e. The van der Waals surface area contributed by atoms with Crippen molar-refractivity contribution in [1.82, 2.24) is 24.7 Å². The smallest absolute Gasteiger partial charge is 0.262 e. The van der Waals surface area contributed by atoms with Crippen molar-refractivity contribution in [3.05, 3.63) is 18.9 Å². The minimum absolute atomic E-state index is 0.482. The Balaban J connectivity index is 2.71. The van der Waals surface area contributed by atoms with Gasteiger partial charge in [-0.2, -0.15) is 0 Å². The van der Waals surface area contributed by atoms with Crippen molar-refractivity contribution in [2.45, 2.75) is 0 Å². The van der Waals surface area contributed by atoms with E-state index in [4.69, 9.17) is 4.52 Å². The first-order valence-electron chi connectivity index (χ1n) is 3.34. The summed E-state index contributed by atoms with van der Waals surface area (Å²) in [6, 6.07) is 0. The van der Waals surface area contributed by atoms with Gasteiger partial charge in [-0.15, -0.1) is 10.2 Å². The number of rotatable bonds is 0. The van der Waals surface area contributed by atoms with Crippen LogP contribution in [0.15, 0.2) is 23.4 Å². The van der Waals surface area contributed by atoms with E-state index in [0.29, 0.717) is 11.4 Å². The lowest BCUT2D eigenvalue weighted by Crippen LogP contribution is -1.84. The zero-order valence-electron chi connectivity index (χ0n) is 5.88. The van der Waals surface area contributed by atoms with Crippen LogP contribution >= 0.6 is 0 Å². The van der Waals surface area contributed by atoms with Crippen LogP contribution in [0.1, 0.15) is 0 Å². The summed E-state index contributed by atoms with van der Waals surface area (Å²) in [4.78, 5) is 4.00. The van der Waals surface area contributed by atoms with Crippen LogP contribution in [-0.4, -0.2) is 24.7 Å². The Hall–Kier alpha value is -1.98. The monoisotopic (exact) mass is 161 g/mol. The molecule has 0 bridgehead atoms. The Bertz CT molecular complexity index is 489. The molecule has 3 aromatic rings. The Labute approximate surface area is 65.8 Å². The maximum absolute atomic E-state index is 4.85. The zero-order valence-corrected chi connectivity index (χ0v) is 5.88. The predicted molar refractivity (Wildman–Crippen MR) is 38.3 cm³/mol. The van der Waals surface area contributed by atoms with Gasteiger partial charge >= 0.3 is 0 Å². The molecule has 12 heavy (non-hydrogen) atoms. The molecule has 3 heterocycles. The van der Waals surface area contributed by atoms with Gasteiger partial charge < -0.3 is 4.52 Å². The van der Waals surface area contributed by atoms with Crippen LogP contribution in [-0.2, 0) is 0 Å². The van der Waals surface area contributed by atoms with Crippen LogP contribution in [0.25, 0.3) is 16.7 Å². The molecule has 0 aliphatic carbocycles. The third-order valence-corrected chi connectivity index (χ3v) is 1.66. The topological polar surface area (TPSA) is 69.1 Å². The van der Waals surface area contributed by atoms with Gasteiger partial charge in [0, 0.05) is 0 Å². The molecule has 0 radical (unpaired) electrons. The van der Waals surface area contributed by atoms with Gasteiger partial charge in [-0.3, -0.25) is 4.40 Å². The van der Waals surface area contributed by atoms with E-state index >= 15 is 0 Å². The summed E-state index contributed by atoms with van der Waals surface area (Å²) < 4.78 is 6.56. The van der Waals surface area contributed by atoms with Gasteiger partial charge in [-0.1, -0.05) is 5.16 Å². The third-order valence-electron chi connectivity index (χ3n) is 1.66. The van der Waals surface area contributed by atoms with Crippen molar-refractivity contribution in [2.75, 3.05) is 0 Å². The summed E-state index contributed by atoms with van der Waals surface area (Å²) in [5.74, 6) is 0. The summed E-state index contributed by atoms with van der Waals surface area (Å²) in [6.45, 7) is 0. The molecule has 0 aliphatic rings. The van der Waals surface area contributed by atoms with Gasteiger partial charge in [0.1, 0.15) is 18.0 Å². The first kappa shape index (κ1) is 5.64. The van der Waals surface area contributed by atoms with Gasteiger partial charge in [0.05, 0.1) is 6.20 Å². The lowest BCUT2D eigenvalue weighted by molar-refractivity contribution is 0.448. The molecule has 6 heteroatoms. The maximum atomic E-state index is 4.85. The van der Waals surface area contributed by atoms with Crippen molar-refractivity contribution < 1.29 is 4.52 Å². The van der Waals surface area contributed by atoms with E-state index in [1.54, 1.807) is 23.3 Å². The van der Waals surface area contributed by atoms with Crippen LogP contribution in [0.5, 0.6) is 0 Å². The molecular formula is C6H3N5O. The Morgan fingerprint density at radius 3 is 3.33 bits per heavy atom. The minimum atomic E-state index is 0.482. The van der Waals surface area contributed by atoms with E-state index in [-0.39, 0.29) is 0 Å². The number of fused-ring (bicyclic) bond motifs is 3. The van der Waals surface area contributed by atoms with Crippen LogP contribution < -0.4 is 0 Å². The van der Waals surface area contributed by atoms with Gasteiger partial charge in [-0.25, -0.2) is 4.98 Å². The summed E-state index contributed by atoms with van der Waals surface area (Å²) in [7, 11) is 0. The second-order valence-electron chi connectivity index (χ2n) is 2.35. The zero-order chi connectivity index (χ0) is 7.97. The molecule has 0 spiro atoms. The summed E-state index contributed by atoms with van der Waals surface area (Å²) in [5.41, 5.74) is 1.19. The molecule has 0 unspecified atom stereocenters. The molecule has 0 saturated carbocycles. The highest BCUT2D eigenvalue weighted by molar-refractivity contribution is 5.86. The molecule has 0 amide bonds. The molecule has 0 aromatic carbocycles. The van der Waals surface area contributed by atoms with Crippen LogP contribution in [0.2, 0.25) is 0 Å². The molecule has 0 N–H and O–H groups in total. The summed E-state index contributed by atoms with van der Waals surface area (Å²) >= 11 is 0.